The number of rotatable bonds is 2. The molecule has 0 aliphatic heterocycles. The number of benzene rings is 1. The maximum Gasteiger partial charge on any atom is 0.309 e. The Bertz CT molecular complexity index is 523. The van der Waals surface area contributed by atoms with Gasteiger partial charge in [-0.3, -0.25) is 4.79 Å². The topological polar surface area (TPSA) is 63.1 Å². The summed E-state index contributed by atoms with van der Waals surface area (Å²) in [5.41, 5.74) is 2.42. The van der Waals surface area contributed by atoms with Crippen LogP contribution in [0.15, 0.2) is 24.5 Å². The van der Waals surface area contributed by atoms with E-state index in [1.54, 1.807) is 0 Å². The number of aromatic nitrogens is 2. The second-order valence-electron chi connectivity index (χ2n) is 3.41. The Balaban J connectivity index is 2.63. The van der Waals surface area contributed by atoms with Crippen molar-refractivity contribution in [2.24, 2.45) is 0 Å². The minimum absolute atomic E-state index is 0.0670. The molecule has 0 amide bonds. The normalized spacial score (nSPS) is 10.5. The van der Waals surface area contributed by atoms with Crippen LogP contribution in [-0.2, 0) is 11.2 Å². The van der Waals surface area contributed by atoms with Crippen molar-refractivity contribution >= 4 is 16.9 Å². The SMILES string of the molecule is Cc1ccc2ncnc(CC(=O)O)c2c1. The predicted molar refractivity (Wildman–Crippen MR) is 55.6 cm³/mol. The maximum atomic E-state index is 10.6. The predicted octanol–water partition coefficient (Wildman–Crippen LogP) is 1.57. The summed E-state index contributed by atoms with van der Waals surface area (Å²) in [4.78, 5) is 18.7. The van der Waals surface area contributed by atoms with Crippen LogP contribution >= 0.6 is 0 Å². The quantitative estimate of drug-likeness (QED) is 0.802. The number of carboxylic acids is 1. The number of hydrogen-bond donors (Lipinski definition) is 1. The first-order valence-electron chi connectivity index (χ1n) is 4.59. The molecule has 0 saturated carbocycles. The molecule has 4 nitrogen and oxygen atoms in total. The number of aryl methyl sites for hydroxylation is 1. The molecule has 1 aromatic carbocycles. The molecule has 0 aliphatic carbocycles. The molecule has 0 unspecified atom stereocenters. The van der Waals surface area contributed by atoms with Crippen molar-refractivity contribution in [2.75, 3.05) is 0 Å². The largest absolute Gasteiger partial charge is 0.481 e. The van der Waals surface area contributed by atoms with E-state index in [1.165, 1.54) is 6.33 Å². The third-order valence-corrected chi connectivity index (χ3v) is 2.19. The monoisotopic (exact) mass is 202 g/mol. The summed E-state index contributed by atoms with van der Waals surface area (Å²) < 4.78 is 0. The highest BCUT2D eigenvalue weighted by molar-refractivity contribution is 5.84. The first-order valence-corrected chi connectivity index (χ1v) is 4.59. The lowest BCUT2D eigenvalue weighted by atomic mass is 10.1. The van der Waals surface area contributed by atoms with Crippen LogP contribution in [-0.4, -0.2) is 21.0 Å². The van der Waals surface area contributed by atoms with E-state index in [4.69, 9.17) is 5.11 Å². The smallest absolute Gasteiger partial charge is 0.309 e. The fraction of sp³-hybridized carbons (Fsp3) is 0.182. The molecular formula is C11H10N2O2. The van der Waals surface area contributed by atoms with Crippen molar-refractivity contribution in [3.63, 3.8) is 0 Å². The lowest BCUT2D eigenvalue weighted by Gasteiger charge is -2.03. The summed E-state index contributed by atoms with van der Waals surface area (Å²) in [6, 6.07) is 5.73. The molecule has 0 atom stereocenters. The number of carboxylic acid groups (broad SMARTS) is 1. The molecular weight excluding hydrogens is 192 g/mol. The number of fused-ring (bicyclic) bond motifs is 1. The van der Waals surface area contributed by atoms with Gasteiger partial charge in [0.2, 0.25) is 0 Å². The van der Waals surface area contributed by atoms with Crippen LogP contribution in [0, 0.1) is 6.92 Å². The van der Waals surface area contributed by atoms with E-state index in [0.717, 1.165) is 16.5 Å². The van der Waals surface area contributed by atoms with Crippen molar-refractivity contribution < 1.29 is 9.90 Å². The van der Waals surface area contributed by atoms with Crippen molar-refractivity contribution in [1.29, 1.82) is 0 Å². The molecule has 76 valence electrons. The van der Waals surface area contributed by atoms with Gasteiger partial charge in [0.05, 0.1) is 17.6 Å². The molecule has 0 fully saturated rings. The van der Waals surface area contributed by atoms with Crippen molar-refractivity contribution in [2.45, 2.75) is 13.3 Å². The minimum atomic E-state index is -0.878. The summed E-state index contributed by atoms with van der Waals surface area (Å²) in [5.74, 6) is -0.878. The van der Waals surface area contributed by atoms with Gasteiger partial charge in [0.15, 0.2) is 0 Å². The van der Waals surface area contributed by atoms with Gasteiger partial charge in [-0.2, -0.15) is 0 Å². The molecule has 0 radical (unpaired) electrons. The summed E-state index contributed by atoms with van der Waals surface area (Å²) in [5, 5.41) is 9.55. The zero-order valence-electron chi connectivity index (χ0n) is 8.27. The van der Waals surface area contributed by atoms with E-state index >= 15 is 0 Å². The zero-order chi connectivity index (χ0) is 10.8. The Morgan fingerprint density at radius 2 is 2.20 bits per heavy atom. The van der Waals surface area contributed by atoms with Gasteiger partial charge in [0, 0.05) is 5.39 Å². The highest BCUT2D eigenvalue weighted by Crippen LogP contribution is 2.16. The zero-order valence-corrected chi connectivity index (χ0v) is 8.27. The third-order valence-electron chi connectivity index (χ3n) is 2.19. The molecule has 0 aliphatic rings. The number of nitrogens with zero attached hydrogens (tertiary/aromatic N) is 2. The van der Waals surface area contributed by atoms with E-state index in [1.807, 2.05) is 25.1 Å². The van der Waals surface area contributed by atoms with Gasteiger partial charge < -0.3 is 5.11 Å². The maximum absolute atomic E-state index is 10.6. The van der Waals surface area contributed by atoms with Crippen LogP contribution in [0.2, 0.25) is 0 Å². The summed E-state index contributed by atoms with van der Waals surface area (Å²) in [7, 11) is 0. The van der Waals surface area contributed by atoms with Crippen LogP contribution < -0.4 is 0 Å². The molecule has 15 heavy (non-hydrogen) atoms. The van der Waals surface area contributed by atoms with Gasteiger partial charge in [-0.15, -0.1) is 0 Å². The van der Waals surface area contributed by atoms with Gasteiger partial charge >= 0.3 is 5.97 Å². The van der Waals surface area contributed by atoms with Gasteiger partial charge in [-0.25, -0.2) is 9.97 Å². The Morgan fingerprint density at radius 3 is 2.93 bits per heavy atom. The van der Waals surface area contributed by atoms with Gasteiger partial charge in [0.25, 0.3) is 0 Å². The van der Waals surface area contributed by atoms with Gasteiger partial charge in [-0.05, 0) is 19.1 Å². The van der Waals surface area contributed by atoms with E-state index in [2.05, 4.69) is 9.97 Å². The second-order valence-corrected chi connectivity index (χ2v) is 3.41. The third kappa shape index (κ3) is 1.93. The molecule has 0 bridgehead atoms. The molecule has 0 spiro atoms. The Hall–Kier alpha value is -1.97. The highest BCUT2D eigenvalue weighted by Gasteiger charge is 2.07. The van der Waals surface area contributed by atoms with E-state index in [9.17, 15) is 4.79 Å². The molecule has 1 heterocycles. The van der Waals surface area contributed by atoms with Crippen LogP contribution in [0.1, 0.15) is 11.3 Å². The first-order chi connectivity index (χ1) is 7.16. The average molecular weight is 202 g/mol. The lowest BCUT2D eigenvalue weighted by Crippen LogP contribution is -2.03. The fourth-order valence-electron chi connectivity index (χ4n) is 1.51. The van der Waals surface area contributed by atoms with Crippen LogP contribution in [0.25, 0.3) is 10.9 Å². The summed E-state index contributed by atoms with van der Waals surface area (Å²) >= 11 is 0. The van der Waals surface area contributed by atoms with E-state index in [-0.39, 0.29) is 6.42 Å². The molecule has 0 saturated heterocycles. The average Bonchev–Trinajstić information content (AvgIpc) is 2.18. The van der Waals surface area contributed by atoms with E-state index < -0.39 is 5.97 Å². The first kappa shape index (κ1) is 9.58. The van der Waals surface area contributed by atoms with Crippen molar-refractivity contribution in [3.8, 4) is 0 Å². The molecule has 1 N–H and O–H groups in total. The van der Waals surface area contributed by atoms with Crippen molar-refractivity contribution in [1.82, 2.24) is 9.97 Å². The summed E-state index contributed by atoms with van der Waals surface area (Å²) in [6.45, 7) is 1.96. The number of aliphatic carboxylic acids is 1. The number of hydrogen-bond acceptors (Lipinski definition) is 3. The molecule has 4 heteroatoms. The standard InChI is InChI=1S/C11H10N2O2/c1-7-2-3-9-8(4-7)10(5-11(14)15)13-6-12-9/h2-4,6H,5H2,1H3,(H,14,15). The Labute approximate surface area is 86.6 Å². The lowest BCUT2D eigenvalue weighted by molar-refractivity contribution is -0.136. The van der Waals surface area contributed by atoms with E-state index in [0.29, 0.717) is 5.69 Å². The van der Waals surface area contributed by atoms with Gasteiger partial charge in [0.1, 0.15) is 6.33 Å². The minimum Gasteiger partial charge on any atom is -0.481 e. The van der Waals surface area contributed by atoms with Crippen LogP contribution in [0.4, 0.5) is 0 Å². The molecule has 1 aromatic heterocycles. The summed E-state index contributed by atoms with van der Waals surface area (Å²) in [6.07, 6.45) is 1.33. The fourth-order valence-corrected chi connectivity index (χ4v) is 1.51. The van der Waals surface area contributed by atoms with Gasteiger partial charge in [-0.1, -0.05) is 11.6 Å². The molecule has 2 aromatic rings. The molecule has 2 rings (SSSR count). The van der Waals surface area contributed by atoms with Crippen molar-refractivity contribution in [3.05, 3.63) is 35.8 Å². The van der Waals surface area contributed by atoms with Crippen LogP contribution in [0.5, 0.6) is 0 Å². The van der Waals surface area contributed by atoms with Crippen LogP contribution in [0.3, 0.4) is 0 Å². The second kappa shape index (κ2) is 3.65. The highest BCUT2D eigenvalue weighted by atomic mass is 16.4. The Kier molecular flexibility index (Phi) is 2.33. The Morgan fingerprint density at radius 1 is 1.40 bits per heavy atom. The number of carbonyl (C=O) groups is 1.